The summed E-state index contributed by atoms with van der Waals surface area (Å²) in [5, 5.41) is 14.5. The van der Waals surface area contributed by atoms with Gasteiger partial charge in [0, 0.05) is 39.7 Å². The normalized spacial score (nSPS) is 14.0. The molecule has 0 fully saturated rings. The molecule has 4 aromatic rings. The van der Waals surface area contributed by atoms with Gasteiger partial charge in [0.2, 0.25) is 0 Å². The van der Waals surface area contributed by atoms with Crippen molar-refractivity contribution >= 4 is 38.4 Å². The fourth-order valence-electron chi connectivity index (χ4n) is 5.12. The van der Waals surface area contributed by atoms with Crippen LogP contribution in [0.5, 0.6) is 5.75 Å². The second-order valence-electron chi connectivity index (χ2n) is 9.58. The van der Waals surface area contributed by atoms with E-state index in [9.17, 15) is 5.11 Å². The van der Waals surface area contributed by atoms with Gasteiger partial charge in [-0.1, -0.05) is 100 Å². The van der Waals surface area contributed by atoms with Crippen LogP contribution in [0.15, 0.2) is 172 Å². The Labute approximate surface area is 241 Å². The van der Waals surface area contributed by atoms with Gasteiger partial charge in [-0.25, -0.2) is 0 Å². The molecule has 0 saturated carbocycles. The predicted molar refractivity (Wildman–Crippen MR) is 176 cm³/mol. The van der Waals surface area contributed by atoms with E-state index in [1.165, 1.54) is 12.2 Å². The molecular weight excluding hydrogens is 502 g/mol. The third-order valence-electron chi connectivity index (χ3n) is 7.09. The largest absolute Gasteiger partial charge is 0.507 e. The second kappa shape index (κ2) is 11.3. The Morgan fingerprint density at radius 3 is 2.32 bits per heavy atom. The first-order valence-electron chi connectivity index (χ1n) is 13.2. The van der Waals surface area contributed by atoms with Crippen molar-refractivity contribution in [1.82, 2.24) is 0 Å². The van der Waals surface area contributed by atoms with Crippen LogP contribution in [0.25, 0.3) is 32.7 Å². The van der Waals surface area contributed by atoms with Gasteiger partial charge in [-0.05, 0) is 69.8 Å². The zero-order chi connectivity index (χ0) is 29.1. The van der Waals surface area contributed by atoms with Crippen molar-refractivity contribution in [1.29, 1.82) is 0 Å². The number of aliphatic hydroxyl groups is 1. The summed E-state index contributed by atoms with van der Waals surface area (Å²) in [6, 6.07) is 24.3. The van der Waals surface area contributed by atoms with E-state index < -0.39 is 0 Å². The summed E-state index contributed by atoms with van der Waals surface area (Å²) >= 11 is 0. The predicted octanol–water partition coefficient (Wildman–Crippen LogP) is 10.2. The highest BCUT2D eigenvalue weighted by molar-refractivity contribution is 6.07. The van der Waals surface area contributed by atoms with Crippen LogP contribution in [0.4, 0.5) is 5.69 Å². The summed E-state index contributed by atoms with van der Waals surface area (Å²) < 4.78 is 6.44. The zero-order valence-electron chi connectivity index (χ0n) is 22.9. The lowest BCUT2D eigenvalue weighted by Gasteiger charge is -2.29. The number of allylic oxidation sites excluding steroid dienone is 8. The number of fused-ring (bicyclic) bond motifs is 1. The summed E-state index contributed by atoms with van der Waals surface area (Å²) in [6.45, 7) is 24.5. The average Bonchev–Trinajstić information content (AvgIpc) is 2.99. The maximum atomic E-state index is 10.4. The van der Waals surface area contributed by atoms with Crippen molar-refractivity contribution in [3.63, 3.8) is 0 Å². The summed E-state index contributed by atoms with van der Waals surface area (Å²) in [5.41, 5.74) is 5.39. The smallest absolute Gasteiger partial charge is 0.136 e. The van der Waals surface area contributed by atoms with Crippen LogP contribution < -0.4 is 9.64 Å². The molecule has 1 aliphatic heterocycles. The highest BCUT2D eigenvalue weighted by Crippen LogP contribution is 2.44. The SMILES string of the molecule is C=C/C=C(/O)C(=C)c1ccc2c3c(cccc13)C(=C)/C(=C\C(=C)N(/C(C=C)=C/C=C)c1ccc3ccccc3c1)O2. The maximum absolute atomic E-state index is 10.4. The van der Waals surface area contributed by atoms with E-state index in [-0.39, 0.29) is 5.76 Å². The second-order valence-corrected chi connectivity index (χ2v) is 9.58. The Morgan fingerprint density at radius 2 is 1.59 bits per heavy atom. The molecule has 1 heterocycles. The van der Waals surface area contributed by atoms with Gasteiger partial charge in [0.15, 0.2) is 0 Å². The molecule has 1 N–H and O–H groups in total. The summed E-state index contributed by atoms with van der Waals surface area (Å²) in [5.74, 6) is 1.34. The fourth-order valence-corrected chi connectivity index (χ4v) is 5.12. The summed E-state index contributed by atoms with van der Waals surface area (Å²) in [7, 11) is 0. The van der Waals surface area contributed by atoms with E-state index in [0.717, 1.165) is 49.6 Å². The van der Waals surface area contributed by atoms with Crippen LogP contribution >= 0.6 is 0 Å². The molecule has 3 heteroatoms. The van der Waals surface area contributed by atoms with Gasteiger partial charge in [-0.3, -0.25) is 0 Å². The number of aliphatic hydroxyl groups excluding tert-OH is 1. The zero-order valence-corrected chi connectivity index (χ0v) is 22.9. The van der Waals surface area contributed by atoms with E-state index in [2.05, 4.69) is 69.8 Å². The molecule has 0 aromatic heterocycles. The molecule has 1 aliphatic rings. The third kappa shape index (κ3) is 4.97. The summed E-state index contributed by atoms with van der Waals surface area (Å²) in [4.78, 5) is 2.02. The van der Waals surface area contributed by atoms with E-state index in [1.54, 1.807) is 12.2 Å². The van der Waals surface area contributed by atoms with E-state index in [1.807, 2.05) is 59.5 Å². The van der Waals surface area contributed by atoms with E-state index in [4.69, 9.17) is 4.74 Å². The minimum Gasteiger partial charge on any atom is -0.507 e. The summed E-state index contributed by atoms with van der Waals surface area (Å²) in [6.07, 6.45) is 10.3. The lowest BCUT2D eigenvalue weighted by Crippen LogP contribution is -2.20. The number of nitrogens with zero attached hydrogens (tertiary/aromatic N) is 1. The van der Waals surface area contributed by atoms with Gasteiger partial charge in [0.05, 0.1) is 0 Å². The lowest BCUT2D eigenvalue weighted by atomic mass is 9.90. The van der Waals surface area contributed by atoms with Gasteiger partial charge < -0.3 is 14.7 Å². The van der Waals surface area contributed by atoms with Crippen LogP contribution in [-0.2, 0) is 0 Å². The first-order chi connectivity index (χ1) is 19.9. The molecule has 200 valence electrons. The quantitative estimate of drug-likeness (QED) is 0.172. The Kier molecular flexibility index (Phi) is 7.45. The molecule has 5 rings (SSSR count). The first-order valence-corrected chi connectivity index (χ1v) is 13.2. The van der Waals surface area contributed by atoms with Crippen LogP contribution in [0, 0.1) is 0 Å². The molecule has 0 atom stereocenters. The van der Waals surface area contributed by atoms with Crippen LogP contribution in [0.2, 0.25) is 0 Å². The molecule has 0 saturated heterocycles. The monoisotopic (exact) mass is 533 g/mol. The average molecular weight is 534 g/mol. The van der Waals surface area contributed by atoms with Crippen LogP contribution in [-0.4, -0.2) is 5.11 Å². The number of rotatable bonds is 9. The van der Waals surface area contributed by atoms with Crippen molar-refractivity contribution in [2.24, 2.45) is 0 Å². The van der Waals surface area contributed by atoms with E-state index >= 15 is 0 Å². The van der Waals surface area contributed by atoms with Crippen molar-refractivity contribution < 1.29 is 9.84 Å². The number of anilines is 1. The molecular formula is C38H31NO2. The lowest BCUT2D eigenvalue weighted by molar-refractivity contribution is 0.438. The minimum atomic E-state index is 0.0625. The number of benzene rings is 4. The molecule has 0 bridgehead atoms. The van der Waals surface area contributed by atoms with Gasteiger partial charge in [-0.15, -0.1) is 0 Å². The Morgan fingerprint density at radius 1 is 0.829 bits per heavy atom. The van der Waals surface area contributed by atoms with Gasteiger partial charge in [0.1, 0.15) is 17.3 Å². The van der Waals surface area contributed by atoms with Gasteiger partial charge >= 0.3 is 0 Å². The standard InChI is InChI=1S/C38H31NO2/c1-7-13-30(9-3)39(31-20-19-28-15-10-11-16-29(28)24-31)25(4)23-37-27(6)33-17-12-18-34-32(26(5)35(40)14-8-2)21-22-36(41-37)38(33)34/h7-24,40H,1-6H2/b30-13+,35-14+,37-23+. The highest BCUT2D eigenvalue weighted by Gasteiger charge is 2.24. The molecule has 4 aromatic carbocycles. The van der Waals surface area contributed by atoms with Crippen molar-refractivity contribution in [3.8, 4) is 5.75 Å². The number of ether oxygens (including phenoxy) is 1. The molecule has 0 unspecified atom stereocenters. The van der Waals surface area contributed by atoms with Crippen molar-refractivity contribution in [2.45, 2.75) is 0 Å². The number of hydrogen-bond acceptors (Lipinski definition) is 3. The first kappa shape index (κ1) is 27.0. The van der Waals surface area contributed by atoms with Gasteiger partial charge in [0.25, 0.3) is 0 Å². The minimum absolute atomic E-state index is 0.0625. The molecule has 41 heavy (non-hydrogen) atoms. The third-order valence-corrected chi connectivity index (χ3v) is 7.09. The number of hydrogen-bond donors (Lipinski definition) is 1. The fraction of sp³-hybridized carbons (Fsp3) is 0. The molecule has 0 amide bonds. The highest BCUT2D eigenvalue weighted by atomic mass is 16.5. The van der Waals surface area contributed by atoms with Crippen LogP contribution in [0.1, 0.15) is 11.1 Å². The van der Waals surface area contributed by atoms with Crippen molar-refractivity contribution in [2.75, 3.05) is 4.90 Å². The molecule has 0 spiro atoms. The Hall–Kier alpha value is -5.54. The molecule has 0 aliphatic carbocycles. The Bertz CT molecular complexity index is 1880. The van der Waals surface area contributed by atoms with Crippen LogP contribution in [0.3, 0.4) is 0 Å². The topological polar surface area (TPSA) is 32.7 Å². The van der Waals surface area contributed by atoms with E-state index in [0.29, 0.717) is 22.8 Å². The Balaban J connectivity index is 1.58. The van der Waals surface area contributed by atoms with Crippen molar-refractivity contribution in [3.05, 3.63) is 183 Å². The maximum Gasteiger partial charge on any atom is 0.136 e. The van der Waals surface area contributed by atoms with Gasteiger partial charge in [-0.2, -0.15) is 0 Å². The molecule has 3 nitrogen and oxygen atoms in total. The molecule has 0 radical (unpaired) electrons.